The number of aliphatic hydroxyl groups is 1. The first-order valence-electron chi connectivity index (χ1n) is 12.7. The Morgan fingerprint density at radius 1 is 1.20 bits per heavy atom. The van der Waals surface area contributed by atoms with Crippen LogP contribution in [0.5, 0.6) is 5.75 Å². The predicted molar refractivity (Wildman–Crippen MR) is 136 cm³/mol. The number of benzene rings is 2. The van der Waals surface area contributed by atoms with Crippen molar-refractivity contribution in [2.24, 2.45) is 5.92 Å². The topological polar surface area (TPSA) is 71.0 Å². The van der Waals surface area contributed by atoms with Crippen LogP contribution in [-0.2, 0) is 22.4 Å². The van der Waals surface area contributed by atoms with Gasteiger partial charge in [0.15, 0.2) is 5.60 Å². The van der Waals surface area contributed by atoms with Crippen molar-refractivity contribution in [3.63, 3.8) is 0 Å². The summed E-state index contributed by atoms with van der Waals surface area (Å²) < 4.78 is 11.3. The summed E-state index contributed by atoms with van der Waals surface area (Å²) in [5, 5.41) is 15.0. The van der Waals surface area contributed by atoms with E-state index in [1.807, 2.05) is 13.0 Å². The molecule has 188 valence electrons. The van der Waals surface area contributed by atoms with Crippen LogP contribution in [0.3, 0.4) is 0 Å². The van der Waals surface area contributed by atoms with E-state index >= 15 is 0 Å². The van der Waals surface area contributed by atoms with Crippen LogP contribution < -0.4 is 10.1 Å². The summed E-state index contributed by atoms with van der Waals surface area (Å²) >= 11 is 6.52. The molecular formula is C28H35ClN2O4. The first-order valence-corrected chi connectivity index (χ1v) is 13.1. The lowest BCUT2D eigenvalue weighted by atomic mass is 9.99. The van der Waals surface area contributed by atoms with E-state index in [2.05, 4.69) is 34.5 Å². The highest BCUT2D eigenvalue weighted by Crippen LogP contribution is 2.34. The number of nitrogens with one attached hydrogen (secondary N) is 1. The third kappa shape index (κ3) is 5.83. The fourth-order valence-electron chi connectivity index (χ4n) is 5.52. The van der Waals surface area contributed by atoms with Gasteiger partial charge in [-0.3, -0.25) is 4.79 Å². The summed E-state index contributed by atoms with van der Waals surface area (Å²) in [6.07, 6.45) is 3.77. The quantitative estimate of drug-likeness (QED) is 0.548. The minimum Gasteiger partial charge on any atom is -0.481 e. The molecule has 1 amide bonds. The van der Waals surface area contributed by atoms with Crippen molar-refractivity contribution in [3.8, 4) is 5.75 Å². The maximum absolute atomic E-state index is 13.1. The van der Waals surface area contributed by atoms with Gasteiger partial charge in [-0.2, -0.15) is 0 Å². The Balaban J connectivity index is 1.25. The minimum absolute atomic E-state index is 0.00462. The largest absolute Gasteiger partial charge is 0.481 e. The molecule has 2 N–H and O–H groups in total. The molecule has 0 radical (unpaired) electrons. The van der Waals surface area contributed by atoms with E-state index < -0.39 is 12.1 Å². The van der Waals surface area contributed by atoms with Gasteiger partial charge in [-0.1, -0.05) is 41.9 Å². The van der Waals surface area contributed by atoms with Gasteiger partial charge in [0.2, 0.25) is 5.91 Å². The molecule has 2 saturated heterocycles. The number of ether oxygens (including phenoxy) is 2. The number of carbonyl (C=O) groups excluding carboxylic acids is 1. The monoisotopic (exact) mass is 498 g/mol. The van der Waals surface area contributed by atoms with Crippen LogP contribution in [0.15, 0.2) is 42.5 Å². The second-order valence-electron chi connectivity index (χ2n) is 10.6. The van der Waals surface area contributed by atoms with Gasteiger partial charge in [0.05, 0.1) is 24.3 Å². The number of nitrogens with zero attached hydrogens (tertiary/aromatic N) is 1. The van der Waals surface area contributed by atoms with Crippen LogP contribution in [0.1, 0.15) is 49.0 Å². The van der Waals surface area contributed by atoms with Gasteiger partial charge in [0.25, 0.3) is 0 Å². The van der Waals surface area contributed by atoms with Gasteiger partial charge < -0.3 is 24.8 Å². The molecule has 2 heterocycles. The zero-order valence-electron chi connectivity index (χ0n) is 20.3. The van der Waals surface area contributed by atoms with Gasteiger partial charge in [0, 0.05) is 13.0 Å². The average Bonchev–Trinajstić information content (AvgIpc) is 3.47. The number of amides is 1. The lowest BCUT2D eigenvalue weighted by Gasteiger charge is -2.38. The lowest BCUT2D eigenvalue weighted by molar-refractivity contribution is -0.149. The van der Waals surface area contributed by atoms with Crippen molar-refractivity contribution < 1.29 is 19.4 Å². The van der Waals surface area contributed by atoms with Crippen LogP contribution in [0.4, 0.5) is 0 Å². The maximum Gasteiger partial charge on any atom is 0.220 e. The van der Waals surface area contributed by atoms with Crippen LogP contribution in [0.25, 0.3) is 0 Å². The highest BCUT2D eigenvalue weighted by atomic mass is 35.5. The van der Waals surface area contributed by atoms with Gasteiger partial charge in [-0.05, 0) is 80.4 Å². The molecule has 2 aliphatic heterocycles. The molecule has 1 aliphatic carbocycles. The van der Waals surface area contributed by atoms with Crippen LogP contribution in [-0.4, -0.2) is 60.4 Å². The van der Waals surface area contributed by atoms with E-state index in [0.717, 1.165) is 38.8 Å². The summed E-state index contributed by atoms with van der Waals surface area (Å²) in [5.74, 6) is 0.879. The first kappa shape index (κ1) is 24.6. The third-order valence-electron chi connectivity index (χ3n) is 7.46. The summed E-state index contributed by atoms with van der Waals surface area (Å²) in [6.45, 7) is 5.65. The molecule has 6 nitrogen and oxygen atoms in total. The van der Waals surface area contributed by atoms with Gasteiger partial charge in [-0.15, -0.1) is 0 Å². The fraction of sp³-hybridized carbons (Fsp3) is 0.536. The van der Waals surface area contributed by atoms with Crippen molar-refractivity contribution in [1.29, 1.82) is 0 Å². The molecule has 2 atom stereocenters. The molecule has 2 aromatic rings. The lowest BCUT2D eigenvalue weighted by Crippen LogP contribution is -2.51. The van der Waals surface area contributed by atoms with Crippen LogP contribution >= 0.6 is 11.6 Å². The number of aliphatic hydroxyl groups excluding tert-OH is 1. The fourth-order valence-corrected chi connectivity index (χ4v) is 5.75. The zero-order chi connectivity index (χ0) is 24.4. The number of likely N-dealkylation sites (tertiary alicyclic amines) is 1. The summed E-state index contributed by atoms with van der Waals surface area (Å²) in [6, 6.07) is 13.4. The number of hydrogen-bond acceptors (Lipinski definition) is 5. The number of carbonyl (C=O) groups is 1. The molecule has 0 saturated carbocycles. The number of fused-ring (bicyclic) bond motifs is 1. The maximum atomic E-state index is 13.1. The molecule has 3 aliphatic rings. The normalized spacial score (nSPS) is 21.2. The Hall–Kier alpha value is -2.12. The summed E-state index contributed by atoms with van der Waals surface area (Å²) in [7, 11) is 0. The highest BCUT2D eigenvalue weighted by Gasteiger charge is 2.36. The van der Waals surface area contributed by atoms with E-state index in [1.54, 1.807) is 12.1 Å². The number of rotatable bonds is 9. The van der Waals surface area contributed by atoms with Crippen molar-refractivity contribution >= 4 is 17.5 Å². The minimum atomic E-state index is -0.866. The Morgan fingerprint density at radius 2 is 1.89 bits per heavy atom. The number of halogens is 1. The molecule has 0 spiro atoms. The molecule has 0 bridgehead atoms. The van der Waals surface area contributed by atoms with E-state index in [0.29, 0.717) is 48.4 Å². The second kappa shape index (κ2) is 10.5. The molecular weight excluding hydrogens is 464 g/mol. The zero-order valence-corrected chi connectivity index (χ0v) is 21.1. The van der Waals surface area contributed by atoms with Crippen molar-refractivity contribution in [2.75, 3.05) is 32.8 Å². The SMILES string of the molecule is CC1(Oc2ccc(C(O)C(CN3CCCC3)NC(=O)CC3Cc4ccccc4C3)cc2Cl)COC1. The van der Waals surface area contributed by atoms with Gasteiger partial charge in [-0.25, -0.2) is 0 Å². The van der Waals surface area contributed by atoms with Gasteiger partial charge in [0.1, 0.15) is 11.9 Å². The second-order valence-corrected chi connectivity index (χ2v) is 11.0. The van der Waals surface area contributed by atoms with Crippen LogP contribution in [0.2, 0.25) is 5.02 Å². The summed E-state index contributed by atoms with van der Waals surface area (Å²) in [4.78, 5) is 15.4. The molecule has 2 aromatic carbocycles. The smallest absolute Gasteiger partial charge is 0.220 e. The standard InChI is InChI=1S/C28H35ClN2O4/c1-28(17-34-18-28)35-25-9-8-22(15-23(25)29)27(33)24(16-31-10-4-5-11-31)30-26(32)14-19-12-20-6-2-3-7-21(20)13-19/h2-3,6-9,15,19,24,27,33H,4-5,10-14,16-18H2,1H3,(H,30,32). The summed E-state index contributed by atoms with van der Waals surface area (Å²) in [5.41, 5.74) is 3.00. The van der Waals surface area contributed by atoms with Crippen molar-refractivity contribution in [2.45, 2.75) is 56.8 Å². The predicted octanol–water partition coefficient (Wildman–Crippen LogP) is 3.93. The van der Waals surface area contributed by atoms with E-state index in [9.17, 15) is 9.90 Å². The Bertz CT molecular complexity index is 1030. The Labute approximate surface area is 212 Å². The molecule has 2 unspecified atom stereocenters. The molecule has 5 rings (SSSR count). The Kier molecular flexibility index (Phi) is 7.35. The molecule has 2 fully saturated rings. The van der Waals surface area contributed by atoms with E-state index in [4.69, 9.17) is 21.1 Å². The van der Waals surface area contributed by atoms with Crippen molar-refractivity contribution in [1.82, 2.24) is 10.2 Å². The third-order valence-corrected chi connectivity index (χ3v) is 7.75. The van der Waals surface area contributed by atoms with E-state index in [-0.39, 0.29) is 11.5 Å². The van der Waals surface area contributed by atoms with Crippen LogP contribution in [0, 0.1) is 5.92 Å². The average molecular weight is 499 g/mol. The van der Waals surface area contributed by atoms with Gasteiger partial charge >= 0.3 is 0 Å². The molecule has 7 heteroatoms. The number of hydrogen-bond donors (Lipinski definition) is 2. The molecule has 0 aromatic heterocycles. The highest BCUT2D eigenvalue weighted by molar-refractivity contribution is 6.32. The first-order chi connectivity index (χ1) is 16.9. The van der Waals surface area contributed by atoms with E-state index in [1.165, 1.54) is 11.1 Å². The van der Waals surface area contributed by atoms with Crippen molar-refractivity contribution in [3.05, 3.63) is 64.2 Å². The molecule has 35 heavy (non-hydrogen) atoms. The Morgan fingerprint density at radius 3 is 2.49 bits per heavy atom.